The molecule has 2 unspecified atom stereocenters. The fraction of sp³-hybridized carbons (Fsp3) is 0.150. The summed E-state index contributed by atoms with van der Waals surface area (Å²) in [6, 6.07) is 14.7. The Labute approximate surface area is 170 Å². The molecule has 0 aliphatic carbocycles. The Hall–Kier alpha value is -2.14. The number of nitrogens with zero attached hydrogens (tertiary/aromatic N) is 2. The maximum atomic E-state index is 6.46. The Morgan fingerprint density at radius 2 is 1.78 bits per heavy atom. The lowest BCUT2D eigenvalue weighted by atomic mass is 9.97. The number of ether oxygens (including phenoxy) is 1. The van der Waals surface area contributed by atoms with E-state index in [1.165, 1.54) is 0 Å². The van der Waals surface area contributed by atoms with Gasteiger partial charge in [0.05, 0.1) is 17.3 Å². The molecule has 136 valence electrons. The molecule has 0 fully saturated rings. The van der Waals surface area contributed by atoms with Crippen LogP contribution in [0, 0.1) is 0 Å². The van der Waals surface area contributed by atoms with Crippen molar-refractivity contribution in [1.82, 2.24) is 5.01 Å². The summed E-state index contributed by atoms with van der Waals surface area (Å²) in [5.41, 5.74) is 2.65. The number of rotatable bonds is 2. The lowest BCUT2D eigenvalue weighted by Crippen LogP contribution is -2.33. The van der Waals surface area contributed by atoms with Crippen LogP contribution < -0.4 is 4.74 Å². The summed E-state index contributed by atoms with van der Waals surface area (Å²) in [5, 5.41) is 8.49. The monoisotopic (exact) mass is 418 g/mol. The van der Waals surface area contributed by atoms with E-state index >= 15 is 0 Å². The van der Waals surface area contributed by atoms with Crippen LogP contribution in [-0.2, 0) is 0 Å². The molecule has 2 atom stereocenters. The highest BCUT2D eigenvalue weighted by Crippen LogP contribution is 2.49. The van der Waals surface area contributed by atoms with Gasteiger partial charge in [0.1, 0.15) is 17.2 Å². The number of hydrogen-bond acceptors (Lipinski definition) is 4. The Balaban J connectivity index is 1.64. The van der Waals surface area contributed by atoms with Crippen LogP contribution in [0.3, 0.4) is 0 Å². The molecule has 0 saturated heterocycles. The van der Waals surface area contributed by atoms with Gasteiger partial charge in [-0.05, 0) is 42.5 Å². The van der Waals surface area contributed by atoms with Crippen molar-refractivity contribution in [1.29, 1.82) is 0 Å². The summed E-state index contributed by atoms with van der Waals surface area (Å²) in [5.74, 6) is 1.52. The summed E-state index contributed by atoms with van der Waals surface area (Å²) in [6.07, 6.45) is 1.86. The number of benzene rings is 2. The first-order valence-electron chi connectivity index (χ1n) is 8.41. The molecule has 0 saturated carbocycles. The summed E-state index contributed by atoms with van der Waals surface area (Å²) in [4.78, 5) is 0. The van der Waals surface area contributed by atoms with Crippen molar-refractivity contribution < 1.29 is 9.15 Å². The SMILES string of the molecule is Clc1ccc(C2Oc3ccc(Cl)cc3C3CC(c4ccco4)=NN32)c(Cl)c1. The fourth-order valence-electron chi connectivity index (χ4n) is 3.56. The van der Waals surface area contributed by atoms with Crippen LogP contribution in [0.25, 0.3) is 0 Å². The van der Waals surface area contributed by atoms with Crippen LogP contribution in [0.2, 0.25) is 15.1 Å². The topological polar surface area (TPSA) is 38.0 Å². The van der Waals surface area contributed by atoms with Gasteiger partial charge >= 0.3 is 0 Å². The molecule has 4 nitrogen and oxygen atoms in total. The Kier molecular flexibility index (Phi) is 4.08. The highest BCUT2D eigenvalue weighted by molar-refractivity contribution is 6.35. The number of hydrogen-bond donors (Lipinski definition) is 0. The van der Waals surface area contributed by atoms with Crippen LogP contribution in [0.5, 0.6) is 5.75 Å². The van der Waals surface area contributed by atoms with Gasteiger partial charge in [-0.15, -0.1) is 0 Å². The predicted octanol–water partition coefficient (Wildman–Crippen LogP) is 6.48. The maximum absolute atomic E-state index is 6.46. The average Bonchev–Trinajstić information content (AvgIpc) is 3.31. The predicted molar refractivity (Wildman–Crippen MR) is 106 cm³/mol. The van der Waals surface area contributed by atoms with E-state index in [4.69, 9.17) is 49.1 Å². The normalized spacial score (nSPS) is 20.7. The zero-order valence-corrected chi connectivity index (χ0v) is 16.2. The third-order valence-electron chi connectivity index (χ3n) is 4.79. The van der Waals surface area contributed by atoms with Crippen molar-refractivity contribution in [3.05, 3.63) is 86.7 Å². The lowest BCUT2D eigenvalue weighted by molar-refractivity contribution is -0.0189. The minimum absolute atomic E-state index is 0.0238. The first-order chi connectivity index (χ1) is 13.1. The fourth-order valence-corrected chi connectivity index (χ4v) is 4.24. The van der Waals surface area contributed by atoms with Gasteiger partial charge in [-0.3, -0.25) is 0 Å². The van der Waals surface area contributed by atoms with Crippen molar-refractivity contribution in [3.8, 4) is 5.75 Å². The Morgan fingerprint density at radius 3 is 2.56 bits per heavy atom. The van der Waals surface area contributed by atoms with Gasteiger partial charge < -0.3 is 9.15 Å². The maximum Gasteiger partial charge on any atom is 0.215 e. The third-order valence-corrected chi connectivity index (χ3v) is 5.58. The van der Waals surface area contributed by atoms with E-state index in [0.29, 0.717) is 21.5 Å². The lowest BCUT2D eigenvalue weighted by Gasteiger charge is -2.38. The first-order valence-corrected chi connectivity index (χ1v) is 9.54. The van der Waals surface area contributed by atoms with Crippen LogP contribution >= 0.6 is 34.8 Å². The molecule has 0 bridgehead atoms. The van der Waals surface area contributed by atoms with E-state index in [2.05, 4.69) is 0 Å². The molecule has 3 aromatic rings. The van der Waals surface area contributed by atoms with Crippen molar-refractivity contribution in [2.75, 3.05) is 0 Å². The second kappa shape index (κ2) is 6.48. The zero-order valence-electron chi connectivity index (χ0n) is 13.9. The number of furan rings is 1. The molecule has 2 aliphatic heterocycles. The molecule has 27 heavy (non-hydrogen) atoms. The molecule has 5 rings (SSSR count). The van der Waals surface area contributed by atoms with Crippen LogP contribution in [0.4, 0.5) is 0 Å². The smallest absolute Gasteiger partial charge is 0.215 e. The van der Waals surface area contributed by atoms with Gasteiger partial charge in [-0.25, -0.2) is 5.01 Å². The number of fused-ring (bicyclic) bond motifs is 3. The molecule has 2 aromatic carbocycles. The molecule has 0 amide bonds. The zero-order chi connectivity index (χ0) is 18.5. The van der Waals surface area contributed by atoms with Crippen molar-refractivity contribution >= 4 is 40.5 Å². The van der Waals surface area contributed by atoms with Crippen LogP contribution in [0.1, 0.15) is 35.6 Å². The molecule has 0 spiro atoms. The van der Waals surface area contributed by atoms with Gasteiger partial charge in [0.15, 0.2) is 0 Å². The molecular formula is C20H13Cl3N2O2. The van der Waals surface area contributed by atoms with Crippen LogP contribution in [0.15, 0.2) is 64.3 Å². The number of hydrazone groups is 1. The second-order valence-electron chi connectivity index (χ2n) is 6.44. The Bertz CT molecular complexity index is 1050. The summed E-state index contributed by atoms with van der Waals surface area (Å²) >= 11 is 18.8. The van der Waals surface area contributed by atoms with Crippen molar-refractivity contribution in [2.45, 2.75) is 18.7 Å². The van der Waals surface area contributed by atoms with Gasteiger partial charge in [0.2, 0.25) is 6.23 Å². The molecule has 7 heteroatoms. The van der Waals surface area contributed by atoms with E-state index in [0.717, 1.165) is 28.3 Å². The van der Waals surface area contributed by atoms with E-state index in [1.807, 2.05) is 41.4 Å². The molecule has 1 aromatic heterocycles. The standard InChI is InChI=1S/C20H13Cl3N2O2/c21-11-4-6-18-14(8-11)17-10-16(19-2-1-7-26-19)24-25(17)20(27-18)13-5-3-12(22)9-15(13)23/h1-9,17,20H,10H2. The van der Waals surface area contributed by atoms with Gasteiger partial charge in [-0.2, -0.15) is 5.10 Å². The largest absolute Gasteiger partial charge is 0.464 e. The summed E-state index contributed by atoms with van der Waals surface area (Å²) in [7, 11) is 0. The summed E-state index contributed by atoms with van der Waals surface area (Å²) < 4.78 is 11.8. The molecule has 0 radical (unpaired) electrons. The van der Waals surface area contributed by atoms with Gasteiger partial charge in [0.25, 0.3) is 0 Å². The van der Waals surface area contributed by atoms with Crippen molar-refractivity contribution in [3.63, 3.8) is 0 Å². The second-order valence-corrected chi connectivity index (χ2v) is 7.72. The van der Waals surface area contributed by atoms with Gasteiger partial charge in [0, 0.05) is 27.6 Å². The van der Waals surface area contributed by atoms with E-state index in [9.17, 15) is 0 Å². The average molecular weight is 420 g/mol. The third kappa shape index (κ3) is 2.89. The van der Waals surface area contributed by atoms with E-state index in [-0.39, 0.29) is 6.04 Å². The first kappa shape index (κ1) is 17.0. The highest BCUT2D eigenvalue weighted by Gasteiger charge is 2.42. The Morgan fingerprint density at radius 1 is 0.963 bits per heavy atom. The quantitative estimate of drug-likeness (QED) is 0.477. The molecule has 0 N–H and O–H groups in total. The van der Waals surface area contributed by atoms with Gasteiger partial charge in [-0.1, -0.05) is 40.9 Å². The molecular weight excluding hydrogens is 407 g/mol. The molecule has 3 heterocycles. The van der Waals surface area contributed by atoms with Crippen LogP contribution in [-0.4, -0.2) is 10.7 Å². The molecule has 2 aliphatic rings. The summed E-state index contributed by atoms with van der Waals surface area (Å²) in [6.45, 7) is 0. The van der Waals surface area contributed by atoms with E-state index in [1.54, 1.807) is 18.4 Å². The van der Waals surface area contributed by atoms with E-state index < -0.39 is 6.23 Å². The highest BCUT2D eigenvalue weighted by atomic mass is 35.5. The minimum Gasteiger partial charge on any atom is -0.464 e. The minimum atomic E-state index is -0.471. The van der Waals surface area contributed by atoms with Crippen molar-refractivity contribution in [2.24, 2.45) is 5.10 Å². The number of halogens is 3.